The van der Waals surface area contributed by atoms with E-state index in [0.717, 1.165) is 12.6 Å². The Morgan fingerprint density at radius 1 is 1.10 bits per heavy atom. The van der Waals surface area contributed by atoms with Gasteiger partial charge in [0, 0.05) is 44.5 Å². The molecule has 3 heteroatoms. The Balaban J connectivity index is 1.61. The van der Waals surface area contributed by atoms with Gasteiger partial charge in [-0.2, -0.15) is 0 Å². The van der Waals surface area contributed by atoms with Gasteiger partial charge in [0.05, 0.1) is 0 Å². The number of benzene rings is 1. The van der Waals surface area contributed by atoms with Crippen molar-refractivity contribution in [3.63, 3.8) is 0 Å². The Kier molecular flexibility index (Phi) is 4.81. The molecule has 0 bridgehead atoms. The first kappa shape index (κ1) is 14.9. The zero-order valence-electron chi connectivity index (χ0n) is 13.6. The molecule has 0 spiro atoms. The molecule has 3 rings (SSSR count). The second-order valence-corrected chi connectivity index (χ2v) is 6.61. The summed E-state index contributed by atoms with van der Waals surface area (Å²) in [7, 11) is 2.01. The lowest BCUT2D eigenvalue weighted by atomic mass is 10.1. The fourth-order valence-corrected chi connectivity index (χ4v) is 3.98. The molecular formula is C18H29N3. The Labute approximate surface area is 129 Å². The average molecular weight is 287 g/mol. The highest BCUT2D eigenvalue weighted by molar-refractivity contribution is 5.54. The summed E-state index contributed by atoms with van der Waals surface area (Å²) in [6, 6.07) is 7.79. The minimum absolute atomic E-state index is 0.881. The van der Waals surface area contributed by atoms with E-state index < -0.39 is 0 Å². The van der Waals surface area contributed by atoms with E-state index in [0.29, 0.717) is 0 Å². The van der Waals surface area contributed by atoms with Gasteiger partial charge in [-0.15, -0.1) is 0 Å². The number of piperazine rings is 1. The number of hydrogen-bond donors (Lipinski definition) is 1. The van der Waals surface area contributed by atoms with Gasteiger partial charge >= 0.3 is 0 Å². The van der Waals surface area contributed by atoms with Crippen LogP contribution in [0.3, 0.4) is 0 Å². The first-order chi connectivity index (χ1) is 10.3. The summed E-state index contributed by atoms with van der Waals surface area (Å²) >= 11 is 0. The normalized spacial score (nSPS) is 21.1. The molecule has 1 aromatic carbocycles. The summed E-state index contributed by atoms with van der Waals surface area (Å²) in [5, 5.41) is 3.23. The van der Waals surface area contributed by atoms with Crippen LogP contribution in [0.25, 0.3) is 0 Å². The topological polar surface area (TPSA) is 18.5 Å². The highest BCUT2D eigenvalue weighted by atomic mass is 15.3. The predicted molar refractivity (Wildman–Crippen MR) is 90.0 cm³/mol. The molecule has 1 saturated heterocycles. The fourth-order valence-electron chi connectivity index (χ4n) is 3.98. The van der Waals surface area contributed by atoms with Gasteiger partial charge in [0.2, 0.25) is 0 Å². The van der Waals surface area contributed by atoms with E-state index in [-0.39, 0.29) is 0 Å². The predicted octanol–water partition coefficient (Wildman–Crippen LogP) is 2.78. The van der Waals surface area contributed by atoms with Crippen LogP contribution in [0, 0.1) is 6.92 Å². The van der Waals surface area contributed by atoms with E-state index >= 15 is 0 Å². The summed E-state index contributed by atoms with van der Waals surface area (Å²) < 4.78 is 0. The van der Waals surface area contributed by atoms with Crippen LogP contribution in [0.1, 0.15) is 36.8 Å². The van der Waals surface area contributed by atoms with Gasteiger partial charge in [-0.25, -0.2) is 0 Å². The second kappa shape index (κ2) is 6.80. The number of nitrogens with one attached hydrogen (secondary N) is 1. The van der Waals surface area contributed by atoms with Gasteiger partial charge in [-0.1, -0.05) is 25.0 Å². The molecule has 3 nitrogen and oxygen atoms in total. The maximum Gasteiger partial charge on any atom is 0.0397 e. The molecule has 1 N–H and O–H groups in total. The molecule has 1 saturated carbocycles. The minimum Gasteiger partial charge on any atom is -0.369 e. The Hall–Kier alpha value is -1.06. The van der Waals surface area contributed by atoms with Gasteiger partial charge in [-0.05, 0) is 44.0 Å². The third-order valence-corrected chi connectivity index (χ3v) is 5.14. The molecule has 0 amide bonds. The highest BCUT2D eigenvalue weighted by Crippen LogP contribution is 2.27. The van der Waals surface area contributed by atoms with Crippen LogP contribution >= 0.6 is 0 Å². The number of nitrogens with zero attached hydrogens (tertiary/aromatic N) is 2. The quantitative estimate of drug-likeness (QED) is 0.918. The van der Waals surface area contributed by atoms with Gasteiger partial charge in [-0.3, -0.25) is 4.90 Å². The minimum atomic E-state index is 0.881. The first-order valence-corrected chi connectivity index (χ1v) is 8.51. The molecule has 0 atom stereocenters. The molecule has 1 aliphatic carbocycles. The van der Waals surface area contributed by atoms with E-state index in [2.05, 4.69) is 40.2 Å². The van der Waals surface area contributed by atoms with Crippen LogP contribution in [0.2, 0.25) is 0 Å². The molecule has 0 unspecified atom stereocenters. The molecule has 21 heavy (non-hydrogen) atoms. The Bertz CT molecular complexity index is 458. The van der Waals surface area contributed by atoms with Gasteiger partial charge in [0.15, 0.2) is 0 Å². The van der Waals surface area contributed by atoms with E-state index in [1.807, 2.05) is 7.05 Å². The third-order valence-electron chi connectivity index (χ3n) is 5.14. The maximum atomic E-state index is 3.23. The highest BCUT2D eigenvalue weighted by Gasteiger charge is 2.26. The van der Waals surface area contributed by atoms with Crippen LogP contribution in [0.5, 0.6) is 0 Å². The van der Waals surface area contributed by atoms with E-state index in [4.69, 9.17) is 0 Å². The molecule has 1 aliphatic heterocycles. The lowest BCUT2D eigenvalue weighted by Crippen LogP contribution is -2.49. The van der Waals surface area contributed by atoms with Gasteiger partial charge < -0.3 is 10.2 Å². The monoisotopic (exact) mass is 287 g/mol. The van der Waals surface area contributed by atoms with E-state index in [9.17, 15) is 0 Å². The van der Waals surface area contributed by atoms with Crippen LogP contribution in [0.4, 0.5) is 5.69 Å². The van der Waals surface area contributed by atoms with Crippen molar-refractivity contribution in [3.8, 4) is 0 Å². The van der Waals surface area contributed by atoms with Crippen molar-refractivity contribution in [3.05, 3.63) is 29.3 Å². The molecule has 1 heterocycles. The summed E-state index contributed by atoms with van der Waals surface area (Å²) in [6.45, 7) is 8.05. The molecule has 0 radical (unpaired) electrons. The second-order valence-electron chi connectivity index (χ2n) is 6.61. The van der Waals surface area contributed by atoms with Crippen LogP contribution in [-0.4, -0.2) is 44.2 Å². The zero-order valence-corrected chi connectivity index (χ0v) is 13.6. The molecular weight excluding hydrogens is 258 g/mol. The summed E-state index contributed by atoms with van der Waals surface area (Å²) in [5.41, 5.74) is 4.22. The molecule has 2 fully saturated rings. The molecule has 0 aromatic heterocycles. The average Bonchev–Trinajstić information content (AvgIpc) is 3.02. The van der Waals surface area contributed by atoms with Crippen molar-refractivity contribution in [1.82, 2.24) is 10.2 Å². The number of anilines is 1. The van der Waals surface area contributed by atoms with Crippen molar-refractivity contribution in [2.24, 2.45) is 0 Å². The van der Waals surface area contributed by atoms with Crippen LogP contribution < -0.4 is 10.2 Å². The molecule has 1 aromatic rings. The van der Waals surface area contributed by atoms with Crippen LogP contribution in [0.15, 0.2) is 18.2 Å². The van der Waals surface area contributed by atoms with Crippen LogP contribution in [-0.2, 0) is 6.54 Å². The SMILES string of the molecule is CNCc1ccc(N2CCN(C3CCCC3)CC2)c(C)c1. The summed E-state index contributed by atoms with van der Waals surface area (Å²) in [6.07, 6.45) is 5.74. The lowest BCUT2D eigenvalue weighted by molar-refractivity contribution is 0.187. The van der Waals surface area contributed by atoms with Crippen molar-refractivity contribution in [2.45, 2.75) is 45.2 Å². The third kappa shape index (κ3) is 3.41. The van der Waals surface area contributed by atoms with Crippen molar-refractivity contribution >= 4 is 5.69 Å². The van der Waals surface area contributed by atoms with E-state index in [1.54, 1.807) is 0 Å². The smallest absolute Gasteiger partial charge is 0.0397 e. The van der Waals surface area contributed by atoms with Crippen molar-refractivity contribution in [1.29, 1.82) is 0 Å². The Morgan fingerprint density at radius 3 is 2.43 bits per heavy atom. The van der Waals surface area contributed by atoms with Crippen molar-refractivity contribution < 1.29 is 0 Å². The van der Waals surface area contributed by atoms with E-state index in [1.165, 1.54) is 68.7 Å². The standard InChI is InChI=1S/C18H29N3/c1-15-13-16(14-19-2)7-8-18(15)21-11-9-20(10-12-21)17-5-3-4-6-17/h7-8,13,17,19H,3-6,9-12,14H2,1-2H3. The lowest BCUT2D eigenvalue weighted by Gasteiger charge is -2.39. The van der Waals surface area contributed by atoms with Gasteiger partial charge in [0.25, 0.3) is 0 Å². The molecule has 2 aliphatic rings. The number of rotatable bonds is 4. The largest absolute Gasteiger partial charge is 0.369 e. The first-order valence-electron chi connectivity index (χ1n) is 8.51. The maximum absolute atomic E-state index is 3.23. The fraction of sp³-hybridized carbons (Fsp3) is 0.667. The zero-order chi connectivity index (χ0) is 14.7. The molecule has 116 valence electrons. The Morgan fingerprint density at radius 2 is 1.81 bits per heavy atom. The summed E-state index contributed by atoms with van der Waals surface area (Å²) in [5.74, 6) is 0. The number of aryl methyl sites for hydroxylation is 1. The van der Waals surface area contributed by atoms with Crippen molar-refractivity contribution in [2.75, 3.05) is 38.1 Å². The summed E-state index contributed by atoms with van der Waals surface area (Å²) in [4.78, 5) is 5.30. The van der Waals surface area contributed by atoms with Gasteiger partial charge in [0.1, 0.15) is 0 Å². The number of hydrogen-bond acceptors (Lipinski definition) is 3.